The number of nitrogens with zero attached hydrogens (tertiary/aromatic N) is 2. The van der Waals surface area contributed by atoms with Crippen LogP contribution in [0, 0.1) is 11.8 Å². The van der Waals surface area contributed by atoms with E-state index in [0.717, 1.165) is 24.3 Å². The fourth-order valence-corrected chi connectivity index (χ4v) is 1.81. The lowest BCUT2D eigenvalue weighted by Gasteiger charge is -2.12. The summed E-state index contributed by atoms with van der Waals surface area (Å²) in [5, 5.41) is 3.09. The zero-order chi connectivity index (χ0) is 9.26. The third-order valence-electron chi connectivity index (χ3n) is 2.85. The van der Waals surface area contributed by atoms with Crippen LogP contribution >= 0.6 is 0 Å². The van der Waals surface area contributed by atoms with Crippen molar-refractivity contribution >= 4 is 5.95 Å². The molecule has 1 aromatic heterocycles. The molecule has 1 N–H and O–H groups in total. The zero-order valence-electron chi connectivity index (χ0n) is 8.33. The Bertz CT molecular complexity index is 275. The van der Waals surface area contributed by atoms with Crippen molar-refractivity contribution in [2.24, 2.45) is 11.8 Å². The Morgan fingerprint density at radius 2 is 2.46 bits per heavy atom. The first-order valence-corrected chi connectivity index (χ1v) is 5.00. The summed E-state index contributed by atoms with van der Waals surface area (Å²) in [5.74, 6) is 2.74. The highest BCUT2D eigenvalue weighted by atomic mass is 15.2. The van der Waals surface area contributed by atoms with Gasteiger partial charge in [0, 0.05) is 26.0 Å². The molecule has 1 atom stereocenters. The van der Waals surface area contributed by atoms with Crippen LogP contribution in [0.2, 0.25) is 0 Å². The van der Waals surface area contributed by atoms with Gasteiger partial charge in [-0.2, -0.15) is 0 Å². The van der Waals surface area contributed by atoms with Crippen molar-refractivity contribution in [2.45, 2.75) is 26.3 Å². The van der Waals surface area contributed by atoms with Gasteiger partial charge in [0.2, 0.25) is 5.95 Å². The van der Waals surface area contributed by atoms with E-state index >= 15 is 0 Å². The molecule has 1 heterocycles. The van der Waals surface area contributed by atoms with Crippen molar-refractivity contribution < 1.29 is 0 Å². The van der Waals surface area contributed by atoms with Gasteiger partial charge < -0.3 is 9.88 Å². The molecule has 2 rings (SSSR count). The van der Waals surface area contributed by atoms with E-state index in [-0.39, 0.29) is 0 Å². The summed E-state index contributed by atoms with van der Waals surface area (Å²) in [6.45, 7) is 3.43. The van der Waals surface area contributed by atoms with Gasteiger partial charge in [-0.05, 0) is 24.7 Å². The molecule has 1 unspecified atom stereocenters. The van der Waals surface area contributed by atoms with E-state index in [0.29, 0.717) is 0 Å². The molecule has 1 aromatic rings. The summed E-state index contributed by atoms with van der Waals surface area (Å²) in [4.78, 5) is 4.22. The minimum atomic E-state index is 0.793. The van der Waals surface area contributed by atoms with E-state index in [1.165, 1.54) is 12.8 Å². The van der Waals surface area contributed by atoms with Gasteiger partial charge in [-0.15, -0.1) is 0 Å². The van der Waals surface area contributed by atoms with Gasteiger partial charge in [0.15, 0.2) is 0 Å². The van der Waals surface area contributed by atoms with Crippen LogP contribution in [0.3, 0.4) is 0 Å². The average Bonchev–Trinajstić information content (AvgIpc) is 2.88. The fraction of sp³-hybridized carbons (Fsp3) is 0.700. The molecular weight excluding hydrogens is 162 g/mol. The molecule has 72 valence electrons. The van der Waals surface area contributed by atoms with Gasteiger partial charge >= 0.3 is 0 Å². The van der Waals surface area contributed by atoms with Crippen molar-refractivity contribution in [2.75, 3.05) is 12.4 Å². The minimum absolute atomic E-state index is 0.793. The number of rotatable bonds is 4. The summed E-state index contributed by atoms with van der Waals surface area (Å²) >= 11 is 0. The Labute approximate surface area is 79.2 Å². The first kappa shape index (κ1) is 8.60. The minimum Gasteiger partial charge on any atom is -0.359 e. The number of hydrogen-bond donors (Lipinski definition) is 1. The topological polar surface area (TPSA) is 29.9 Å². The summed E-state index contributed by atoms with van der Waals surface area (Å²) in [6, 6.07) is 0. The lowest BCUT2D eigenvalue weighted by atomic mass is 10.1. The molecule has 3 nitrogen and oxygen atoms in total. The van der Waals surface area contributed by atoms with E-state index in [1.807, 2.05) is 19.4 Å². The predicted octanol–water partition coefficient (Wildman–Crippen LogP) is 1.97. The number of anilines is 1. The molecule has 1 aliphatic carbocycles. The van der Waals surface area contributed by atoms with E-state index in [1.54, 1.807) is 0 Å². The van der Waals surface area contributed by atoms with Gasteiger partial charge in [0.25, 0.3) is 0 Å². The lowest BCUT2D eigenvalue weighted by Crippen LogP contribution is -2.11. The van der Waals surface area contributed by atoms with E-state index in [4.69, 9.17) is 0 Å². The average molecular weight is 179 g/mol. The number of imidazole rings is 1. The summed E-state index contributed by atoms with van der Waals surface area (Å²) in [5.41, 5.74) is 0. The molecule has 3 heteroatoms. The lowest BCUT2D eigenvalue weighted by molar-refractivity contribution is 0.433. The van der Waals surface area contributed by atoms with Gasteiger partial charge in [0.1, 0.15) is 0 Å². The molecule has 0 saturated heterocycles. The largest absolute Gasteiger partial charge is 0.359 e. The first-order valence-electron chi connectivity index (χ1n) is 5.00. The maximum atomic E-state index is 4.22. The van der Waals surface area contributed by atoms with E-state index in [2.05, 4.69) is 21.8 Å². The molecule has 0 aromatic carbocycles. The van der Waals surface area contributed by atoms with Crippen LogP contribution in [0.1, 0.15) is 19.8 Å². The van der Waals surface area contributed by atoms with Crippen LogP contribution in [-0.4, -0.2) is 16.6 Å². The van der Waals surface area contributed by atoms with E-state index < -0.39 is 0 Å². The van der Waals surface area contributed by atoms with Gasteiger partial charge in [0.05, 0.1) is 0 Å². The van der Waals surface area contributed by atoms with Gasteiger partial charge in [-0.1, -0.05) is 6.92 Å². The second-order valence-electron chi connectivity index (χ2n) is 3.97. The van der Waals surface area contributed by atoms with Crippen molar-refractivity contribution in [1.82, 2.24) is 9.55 Å². The van der Waals surface area contributed by atoms with Crippen LogP contribution in [0.15, 0.2) is 12.4 Å². The second-order valence-corrected chi connectivity index (χ2v) is 3.97. The molecule has 0 bridgehead atoms. The monoisotopic (exact) mass is 179 g/mol. The molecule has 0 radical (unpaired) electrons. The van der Waals surface area contributed by atoms with Crippen LogP contribution in [0.5, 0.6) is 0 Å². The third kappa shape index (κ3) is 1.85. The Morgan fingerprint density at radius 1 is 1.69 bits per heavy atom. The summed E-state index contributed by atoms with van der Waals surface area (Å²) < 4.78 is 2.20. The predicted molar refractivity (Wildman–Crippen MR) is 53.7 cm³/mol. The highest BCUT2D eigenvalue weighted by Crippen LogP contribution is 2.37. The third-order valence-corrected chi connectivity index (χ3v) is 2.85. The molecular formula is C10H17N3. The molecule has 1 fully saturated rings. The van der Waals surface area contributed by atoms with Gasteiger partial charge in [-0.3, -0.25) is 0 Å². The smallest absolute Gasteiger partial charge is 0.202 e. The van der Waals surface area contributed by atoms with Crippen LogP contribution in [0.25, 0.3) is 0 Å². The highest BCUT2D eigenvalue weighted by Gasteiger charge is 2.28. The standard InChI is InChI=1S/C10H17N3/c1-8(9-3-4-9)7-13-6-5-12-10(13)11-2/h5-6,8-9H,3-4,7H2,1-2H3,(H,11,12). The number of hydrogen-bond acceptors (Lipinski definition) is 2. The van der Waals surface area contributed by atoms with Crippen molar-refractivity contribution in [1.29, 1.82) is 0 Å². The number of aromatic nitrogens is 2. The van der Waals surface area contributed by atoms with E-state index in [9.17, 15) is 0 Å². The maximum absolute atomic E-state index is 4.22. The molecule has 13 heavy (non-hydrogen) atoms. The quantitative estimate of drug-likeness (QED) is 0.765. The van der Waals surface area contributed by atoms with Crippen molar-refractivity contribution in [3.05, 3.63) is 12.4 Å². The van der Waals surface area contributed by atoms with Crippen molar-refractivity contribution in [3.63, 3.8) is 0 Å². The number of nitrogens with one attached hydrogen (secondary N) is 1. The fourth-order valence-electron chi connectivity index (χ4n) is 1.81. The SMILES string of the molecule is CNc1nccn1CC(C)C1CC1. The molecule has 0 spiro atoms. The van der Waals surface area contributed by atoms with Crippen LogP contribution < -0.4 is 5.32 Å². The molecule has 0 amide bonds. The normalized spacial score (nSPS) is 18.6. The highest BCUT2D eigenvalue weighted by molar-refractivity contribution is 5.24. The molecule has 1 saturated carbocycles. The van der Waals surface area contributed by atoms with Crippen molar-refractivity contribution in [3.8, 4) is 0 Å². The summed E-state index contributed by atoms with van der Waals surface area (Å²) in [7, 11) is 1.92. The zero-order valence-corrected chi connectivity index (χ0v) is 8.33. The second kappa shape index (κ2) is 3.40. The molecule has 1 aliphatic rings. The van der Waals surface area contributed by atoms with Gasteiger partial charge in [-0.25, -0.2) is 4.98 Å². The Kier molecular flexibility index (Phi) is 2.25. The Morgan fingerprint density at radius 3 is 3.08 bits per heavy atom. The summed E-state index contributed by atoms with van der Waals surface area (Å²) in [6.07, 6.45) is 6.74. The maximum Gasteiger partial charge on any atom is 0.202 e. The van der Waals surface area contributed by atoms with Crippen LogP contribution in [0.4, 0.5) is 5.95 Å². The Hall–Kier alpha value is -0.990. The first-order chi connectivity index (χ1) is 6.31. The Balaban J connectivity index is 1.99. The molecule has 0 aliphatic heterocycles. The van der Waals surface area contributed by atoms with Crippen LogP contribution in [-0.2, 0) is 6.54 Å².